The van der Waals surface area contributed by atoms with Gasteiger partial charge in [0.05, 0.1) is 0 Å². The van der Waals surface area contributed by atoms with E-state index in [2.05, 4.69) is 0 Å². The molecule has 0 aliphatic heterocycles. The van der Waals surface area contributed by atoms with E-state index in [1.54, 1.807) is 11.9 Å². The molecule has 0 aliphatic rings. The number of nitrogens with two attached hydrogens (primary N) is 1. The molecule has 1 aromatic carbocycles. The molecule has 1 amide bonds. The first-order valence-electron chi connectivity index (χ1n) is 6.01. The predicted octanol–water partition coefficient (Wildman–Crippen LogP) is 2.33. The van der Waals surface area contributed by atoms with E-state index in [4.69, 9.17) is 5.73 Å². The highest BCUT2D eigenvalue weighted by molar-refractivity contribution is 5.93. The largest absolute Gasteiger partial charge is 0.327 e. The van der Waals surface area contributed by atoms with Crippen molar-refractivity contribution in [2.24, 2.45) is 11.7 Å². The van der Waals surface area contributed by atoms with Gasteiger partial charge < -0.3 is 10.6 Å². The maximum atomic E-state index is 12.1. The Morgan fingerprint density at radius 3 is 2.47 bits per heavy atom. The number of hydrogen-bond donors (Lipinski definition) is 1. The van der Waals surface area contributed by atoms with Gasteiger partial charge in [-0.25, -0.2) is 0 Å². The van der Waals surface area contributed by atoms with Gasteiger partial charge in [-0.2, -0.15) is 0 Å². The lowest BCUT2D eigenvalue weighted by atomic mass is 10.0. The monoisotopic (exact) mass is 234 g/mol. The maximum absolute atomic E-state index is 12.1. The summed E-state index contributed by atoms with van der Waals surface area (Å²) in [5, 5.41) is 0. The first-order chi connectivity index (χ1) is 7.93. The number of aryl methyl sites for hydroxylation is 1. The maximum Gasteiger partial charge on any atom is 0.228 e. The van der Waals surface area contributed by atoms with E-state index in [-0.39, 0.29) is 11.9 Å². The summed E-state index contributed by atoms with van der Waals surface area (Å²) in [5.74, 6) is 0.393. The summed E-state index contributed by atoms with van der Waals surface area (Å²) in [6.07, 6.45) is 0.391. The normalized spacial score (nSPS) is 12.6. The minimum absolute atomic E-state index is 0.0699. The van der Waals surface area contributed by atoms with Crippen LogP contribution in [0.2, 0.25) is 0 Å². The topological polar surface area (TPSA) is 46.3 Å². The van der Waals surface area contributed by atoms with E-state index in [9.17, 15) is 4.79 Å². The Balaban J connectivity index is 2.74. The van der Waals surface area contributed by atoms with Crippen LogP contribution in [0, 0.1) is 12.8 Å². The van der Waals surface area contributed by atoms with Crippen LogP contribution in [0.25, 0.3) is 0 Å². The standard InChI is InChI=1S/C14H22N2O/c1-10(2)12(15)9-14(17)16(4)13-8-6-5-7-11(13)3/h5-8,10,12H,9,15H2,1-4H3. The van der Waals surface area contributed by atoms with Crippen molar-refractivity contribution < 1.29 is 4.79 Å². The van der Waals surface area contributed by atoms with Crippen molar-refractivity contribution in [3.8, 4) is 0 Å². The number of rotatable bonds is 4. The molecule has 0 saturated carbocycles. The number of carbonyl (C=O) groups excluding carboxylic acids is 1. The second-order valence-electron chi connectivity index (χ2n) is 4.85. The molecular weight excluding hydrogens is 212 g/mol. The summed E-state index contributed by atoms with van der Waals surface area (Å²) in [6, 6.07) is 7.79. The van der Waals surface area contributed by atoms with Crippen molar-refractivity contribution in [3.63, 3.8) is 0 Å². The molecule has 17 heavy (non-hydrogen) atoms. The lowest BCUT2D eigenvalue weighted by molar-refractivity contribution is -0.118. The smallest absolute Gasteiger partial charge is 0.228 e. The molecule has 1 aromatic rings. The van der Waals surface area contributed by atoms with Crippen LogP contribution in [-0.2, 0) is 4.79 Å². The van der Waals surface area contributed by atoms with Crippen LogP contribution in [0.4, 0.5) is 5.69 Å². The molecule has 0 spiro atoms. The van der Waals surface area contributed by atoms with Crippen LogP contribution >= 0.6 is 0 Å². The molecule has 1 rings (SSSR count). The van der Waals surface area contributed by atoms with Crippen LogP contribution in [-0.4, -0.2) is 19.0 Å². The van der Waals surface area contributed by atoms with Crippen LogP contribution < -0.4 is 10.6 Å². The summed E-state index contributed by atoms with van der Waals surface area (Å²) in [5.41, 5.74) is 7.97. The molecule has 0 aliphatic carbocycles. The molecule has 0 radical (unpaired) electrons. The average molecular weight is 234 g/mol. The van der Waals surface area contributed by atoms with Crippen molar-refractivity contribution in [2.75, 3.05) is 11.9 Å². The van der Waals surface area contributed by atoms with Gasteiger partial charge in [0.1, 0.15) is 0 Å². The van der Waals surface area contributed by atoms with E-state index in [0.29, 0.717) is 12.3 Å². The molecule has 0 saturated heterocycles. The number of anilines is 1. The van der Waals surface area contributed by atoms with Gasteiger partial charge in [-0.3, -0.25) is 4.79 Å². The van der Waals surface area contributed by atoms with Gasteiger partial charge in [0, 0.05) is 25.2 Å². The summed E-state index contributed by atoms with van der Waals surface area (Å²) in [6.45, 7) is 6.07. The van der Waals surface area contributed by atoms with Crippen molar-refractivity contribution in [3.05, 3.63) is 29.8 Å². The SMILES string of the molecule is Cc1ccccc1N(C)C(=O)CC(N)C(C)C. The summed E-state index contributed by atoms with van der Waals surface area (Å²) < 4.78 is 0. The van der Waals surface area contributed by atoms with Crippen molar-refractivity contribution >= 4 is 11.6 Å². The third kappa shape index (κ3) is 3.56. The van der Waals surface area contributed by atoms with Gasteiger partial charge in [-0.1, -0.05) is 32.0 Å². The fourth-order valence-electron chi connectivity index (χ4n) is 1.65. The Hall–Kier alpha value is -1.35. The first-order valence-corrected chi connectivity index (χ1v) is 6.01. The molecule has 0 fully saturated rings. The number of hydrogen-bond acceptors (Lipinski definition) is 2. The Labute approximate surface area is 104 Å². The molecule has 0 heterocycles. The van der Waals surface area contributed by atoms with Crippen LogP contribution in [0.3, 0.4) is 0 Å². The number of amides is 1. The molecule has 94 valence electrons. The second kappa shape index (κ2) is 5.82. The Bertz CT molecular complexity index is 388. The summed E-state index contributed by atoms with van der Waals surface area (Å²) >= 11 is 0. The predicted molar refractivity (Wildman–Crippen MR) is 72.0 cm³/mol. The number of nitrogens with zero attached hydrogens (tertiary/aromatic N) is 1. The van der Waals surface area contributed by atoms with Crippen molar-refractivity contribution in [1.29, 1.82) is 0 Å². The van der Waals surface area contributed by atoms with Gasteiger partial charge in [0.15, 0.2) is 0 Å². The van der Waals surface area contributed by atoms with E-state index in [1.165, 1.54) is 0 Å². The van der Waals surface area contributed by atoms with E-state index >= 15 is 0 Å². The van der Waals surface area contributed by atoms with Crippen LogP contribution in [0.15, 0.2) is 24.3 Å². The molecule has 1 atom stereocenters. The highest BCUT2D eigenvalue weighted by Gasteiger charge is 2.17. The Kier molecular flexibility index (Phi) is 4.70. The average Bonchev–Trinajstić information content (AvgIpc) is 2.28. The van der Waals surface area contributed by atoms with Gasteiger partial charge in [-0.15, -0.1) is 0 Å². The zero-order valence-electron chi connectivity index (χ0n) is 11.1. The zero-order valence-corrected chi connectivity index (χ0v) is 11.1. The minimum atomic E-state index is -0.0750. The molecule has 1 unspecified atom stereocenters. The quantitative estimate of drug-likeness (QED) is 0.869. The number of benzene rings is 1. The van der Waals surface area contributed by atoms with Crippen molar-refractivity contribution in [1.82, 2.24) is 0 Å². The van der Waals surface area contributed by atoms with Gasteiger partial charge in [0.2, 0.25) is 5.91 Å². The van der Waals surface area contributed by atoms with Crippen molar-refractivity contribution in [2.45, 2.75) is 33.2 Å². The third-order valence-electron chi connectivity index (χ3n) is 3.12. The number of carbonyl (C=O) groups is 1. The van der Waals surface area contributed by atoms with Gasteiger partial charge in [0.25, 0.3) is 0 Å². The first kappa shape index (κ1) is 13.7. The highest BCUT2D eigenvalue weighted by atomic mass is 16.2. The fourth-order valence-corrected chi connectivity index (χ4v) is 1.65. The number of para-hydroxylation sites is 1. The molecule has 0 bridgehead atoms. The summed E-state index contributed by atoms with van der Waals surface area (Å²) in [4.78, 5) is 13.7. The lowest BCUT2D eigenvalue weighted by Gasteiger charge is -2.22. The minimum Gasteiger partial charge on any atom is -0.327 e. The molecule has 0 aromatic heterocycles. The lowest BCUT2D eigenvalue weighted by Crippen LogP contribution is -2.36. The third-order valence-corrected chi connectivity index (χ3v) is 3.12. The van der Waals surface area contributed by atoms with Gasteiger partial charge in [-0.05, 0) is 24.5 Å². The van der Waals surface area contributed by atoms with Crippen LogP contribution in [0.5, 0.6) is 0 Å². The van der Waals surface area contributed by atoms with Crippen LogP contribution in [0.1, 0.15) is 25.8 Å². The molecular formula is C14H22N2O. The Morgan fingerprint density at radius 2 is 1.94 bits per heavy atom. The van der Waals surface area contributed by atoms with Gasteiger partial charge >= 0.3 is 0 Å². The van der Waals surface area contributed by atoms with E-state index < -0.39 is 0 Å². The highest BCUT2D eigenvalue weighted by Crippen LogP contribution is 2.19. The van der Waals surface area contributed by atoms with E-state index in [0.717, 1.165) is 11.3 Å². The zero-order chi connectivity index (χ0) is 13.0. The summed E-state index contributed by atoms with van der Waals surface area (Å²) in [7, 11) is 1.80. The fraction of sp³-hybridized carbons (Fsp3) is 0.500. The van der Waals surface area contributed by atoms with E-state index in [1.807, 2.05) is 45.0 Å². The Morgan fingerprint density at radius 1 is 1.35 bits per heavy atom. The second-order valence-corrected chi connectivity index (χ2v) is 4.85. The molecule has 3 nitrogen and oxygen atoms in total. The molecule has 2 N–H and O–H groups in total. The molecule has 3 heteroatoms.